The number of carbonyl (C=O) groups excluding carboxylic acids is 1. The third-order valence-corrected chi connectivity index (χ3v) is 6.83. The highest BCUT2D eigenvalue weighted by Gasteiger charge is 2.25. The summed E-state index contributed by atoms with van der Waals surface area (Å²) >= 11 is 2.84. The average molecular weight is 401 g/mol. The summed E-state index contributed by atoms with van der Waals surface area (Å²) in [5.74, 6) is -0.140. The van der Waals surface area contributed by atoms with Crippen LogP contribution in [0.2, 0.25) is 0 Å². The van der Waals surface area contributed by atoms with E-state index in [-0.39, 0.29) is 17.3 Å². The Morgan fingerprint density at radius 3 is 2.89 bits per heavy atom. The fourth-order valence-electron chi connectivity index (χ4n) is 3.51. The summed E-state index contributed by atoms with van der Waals surface area (Å²) < 4.78 is 6.65. The minimum absolute atomic E-state index is 0.00857. The third-order valence-electron chi connectivity index (χ3n) is 4.72. The first-order chi connectivity index (χ1) is 13.1. The van der Waals surface area contributed by atoms with E-state index < -0.39 is 0 Å². The molecular formula is C20H20N2O3S2. The number of aryl methyl sites for hydroxylation is 2. The number of ether oxygens (including phenoxy) is 1. The Balaban J connectivity index is 1.83. The van der Waals surface area contributed by atoms with Gasteiger partial charge in [-0.25, -0.2) is 4.98 Å². The van der Waals surface area contributed by atoms with E-state index in [1.54, 1.807) is 22.8 Å². The number of aromatic nitrogens is 2. The number of hydrogen-bond donors (Lipinski definition) is 0. The van der Waals surface area contributed by atoms with Crippen LogP contribution < -0.4 is 5.56 Å². The minimum Gasteiger partial charge on any atom is -0.465 e. The zero-order valence-electron chi connectivity index (χ0n) is 15.3. The number of benzene rings is 1. The number of fused-ring (bicyclic) bond motifs is 5. The lowest BCUT2D eigenvalue weighted by molar-refractivity contribution is -0.139. The Morgan fingerprint density at radius 1 is 1.30 bits per heavy atom. The SMILES string of the molecule is CCOC(=O)CSc1nc2sc3c(c2c(=O)n1CC)CCc1ccccc1-3. The fraction of sp³-hybridized carbons (Fsp3) is 0.350. The molecule has 3 aromatic rings. The highest BCUT2D eigenvalue weighted by atomic mass is 32.2. The van der Waals surface area contributed by atoms with E-state index in [0.717, 1.165) is 33.5 Å². The van der Waals surface area contributed by atoms with E-state index in [1.807, 2.05) is 13.0 Å². The van der Waals surface area contributed by atoms with Gasteiger partial charge in [0.25, 0.3) is 5.56 Å². The van der Waals surface area contributed by atoms with Gasteiger partial charge in [-0.2, -0.15) is 0 Å². The van der Waals surface area contributed by atoms with Crippen molar-refractivity contribution in [3.8, 4) is 10.4 Å². The van der Waals surface area contributed by atoms with Crippen LogP contribution in [0.15, 0.2) is 34.2 Å². The Labute approximate surface area is 165 Å². The number of hydrogen-bond acceptors (Lipinski definition) is 6. The summed E-state index contributed by atoms with van der Waals surface area (Å²) in [5.41, 5.74) is 3.65. The van der Waals surface area contributed by atoms with Gasteiger partial charge >= 0.3 is 5.97 Å². The van der Waals surface area contributed by atoms with Crippen LogP contribution in [0, 0.1) is 0 Å². The van der Waals surface area contributed by atoms with Crippen LogP contribution in [0.1, 0.15) is 25.0 Å². The van der Waals surface area contributed by atoms with Gasteiger partial charge in [0.2, 0.25) is 0 Å². The number of thioether (sulfide) groups is 1. The van der Waals surface area contributed by atoms with Crippen molar-refractivity contribution in [1.29, 1.82) is 0 Å². The lowest BCUT2D eigenvalue weighted by atomic mass is 9.90. The van der Waals surface area contributed by atoms with Crippen LogP contribution in [0.4, 0.5) is 0 Å². The molecule has 2 aromatic heterocycles. The smallest absolute Gasteiger partial charge is 0.316 e. The van der Waals surface area contributed by atoms with Crippen LogP contribution >= 0.6 is 23.1 Å². The van der Waals surface area contributed by atoms with Crippen molar-refractivity contribution in [3.05, 3.63) is 45.7 Å². The molecular weight excluding hydrogens is 380 g/mol. The highest BCUT2D eigenvalue weighted by Crippen LogP contribution is 2.42. The molecule has 0 saturated heterocycles. The largest absolute Gasteiger partial charge is 0.465 e. The topological polar surface area (TPSA) is 61.2 Å². The number of rotatable bonds is 5. The van der Waals surface area contributed by atoms with E-state index in [1.165, 1.54) is 22.9 Å². The second kappa shape index (κ2) is 7.48. The van der Waals surface area contributed by atoms with E-state index in [0.29, 0.717) is 18.3 Å². The molecule has 0 N–H and O–H groups in total. The zero-order chi connectivity index (χ0) is 19.0. The standard InChI is InChI=1S/C20H20N2O3S2/c1-3-22-19(24)16-14-10-9-12-7-5-6-8-13(12)17(14)27-18(16)21-20(22)26-11-15(23)25-4-2/h5-8H,3-4,9-11H2,1-2H3. The van der Waals surface area contributed by atoms with Crippen molar-refractivity contribution in [2.24, 2.45) is 0 Å². The number of nitrogens with zero attached hydrogens (tertiary/aromatic N) is 2. The van der Waals surface area contributed by atoms with Crippen LogP contribution in [0.25, 0.3) is 20.7 Å². The van der Waals surface area contributed by atoms with Crippen molar-refractivity contribution < 1.29 is 9.53 Å². The molecule has 0 fully saturated rings. The van der Waals surface area contributed by atoms with E-state index in [4.69, 9.17) is 9.72 Å². The second-order valence-electron chi connectivity index (χ2n) is 6.28. The molecule has 1 aromatic carbocycles. The monoisotopic (exact) mass is 400 g/mol. The van der Waals surface area contributed by atoms with Crippen LogP contribution in [-0.2, 0) is 28.9 Å². The predicted octanol–water partition coefficient (Wildman–Crippen LogP) is 3.90. The molecule has 2 heterocycles. The first-order valence-electron chi connectivity index (χ1n) is 9.06. The van der Waals surface area contributed by atoms with Crippen molar-refractivity contribution in [2.45, 2.75) is 38.4 Å². The van der Waals surface area contributed by atoms with Crippen LogP contribution in [0.5, 0.6) is 0 Å². The number of carbonyl (C=O) groups is 1. The molecule has 0 unspecified atom stereocenters. The molecule has 0 atom stereocenters. The maximum atomic E-state index is 13.2. The molecule has 5 nitrogen and oxygen atoms in total. The summed E-state index contributed by atoms with van der Waals surface area (Å²) in [6, 6.07) is 8.37. The lowest BCUT2D eigenvalue weighted by Gasteiger charge is -2.16. The van der Waals surface area contributed by atoms with Gasteiger partial charge in [0.05, 0.1) is 17.7 Å². The highest BCUT2D eigenvalue weighted by molar-refractivity contribution is 7.99. The molecule has 140 valence electrons. The maximum Gasteiger partial charge on any atom is 0.316 e. The molecule has 0 bridgehead atoms. The van der Waals surface area contributed by atoms with Gasteiger partial charge in [-0.1, -0.05) is 36.0 Å². The van der Waals surface area contributed by atoms with Crippen molar-refractivity contribution in [2.75, 3.05) is 12.4 Å². The van der Waals surface area contributed by atoms with Crippen molar-refractivity contribution in [1.82, 2.24) is 9.55 Å². The molecule has 0 saturated carbocycles. The van der Waals surface area contributed by atoms with E-state index in [2.05, 4.69) is 18.2 Å². The van der Waals surface area contributed by atoms with Crippen LogP contribution in [-0.4, -0.2) is 27.9 Å². The van der Waals surface area contributed by atoms with Crippen molar-refractivity contribution >= 4 is 39.3 Å². The molecule has 7 heteroatoms. The summed E-state index contributed by atoms with van der Waals surface area (Å²) in [4.78, 5) is 31.6. The van der Waals surface area contributed by atoms with E-state index in [9.17, 15) is 9.59 Å². The van der Waals surface area contributed by atoms with Gasteiger partial charge in [-0.05, 0) is 43.4 Å². The normalized spacial score (nSPS) is 12.7. The fourth-order valence-corrected chi connectivity index (χ4v) is 5.70. The maximum absolute atomic E-state index is 13.2. The Bertz CT molecular complexity index is 1080. The van der Waals surface area contributed by atoms with Gasteiger partial charge in [0, 0.05) is 11.4 Å². The van der Waals surface area contributed by atoms with Crippen molar-refractivity contribution in [3.63, 3.8) is 0 Å². The number of esters is 1. The van der Waals surface area contributed by atoms with Gasteiger partial charge in [-0.15, -0.1) is 11.3 Å². The third kappa shape index (κ3) is 3.19. The molecule has 1 aliphatic carbocycles. The molecule has 0 amide bonds. The van der Waals surface area contributed by atoms with Gasteiger partial charge in [-0.3, -0.25) is 14.2 Å². The predicted molar refractivity (Wildman–Crippen MR) is 110 cm³/mol. The summed E-state index contributed by atoms with van der Waals surface area (Å²) in [6.07, 6.45) is 1.81. The first-order valence-corrected chi connectivity index (χ1v) is 10.9. The lowest BCUT2D eigenvalue weighted by Crippen LogP contribution is -2.23. The molecule has 0 spiro atoms. The summed E-state index contributed by atoms with van der Waals surface area (Å²) in [6.45, 7) is 4.58. The molecule has 4 rings (SSSR count). The summed E-state index contributed by atoms with van der Waals surface area (Å²) in [7, 11) is 0. The van der Waals surface area contributed by atoms with Gasteiger partial charge in [0.15, 0.2) is 5.16 Å². The summed E-state index contributed by atoms with van der Waals surface area (Å²) in [5, 5.41) is 1.32. The Kier molecular flexibility index (Phi) is 5.06. The molecule has 0 radical (unpaired) electrons. The van der Waals surface area contributed by atoms with Crippen LogP contribution in [0.3, 0.4) is 0 Å². The van der Waals surface area contributed by atoms with Gasteiger partial charge < -0.3 is 4.74 Å². The number of thiophene rings is 1. The molecule has 27 heavy (non-hydrogen) atoms. The van der Waals surface area contributed by atoms with Gasteiger partial charge in [0.1, 0.15) is 4.83 Å². The Hall–Kier alpha value is -2.12. The Morgan fingerprint density at radius 2 is 2.11 bits per heavy atom. The molecule has 0 aliphatic heterocycles. The second-order valence-corrected chi connectivity index (χ2v) is 8.23. The minimum atomic E-state index is -0.293. The average Bonchev–Trinajstić information content (AvgIpc) is 3.06. The first kappa shape index (κ1) is 18.3. The zero-order valence-corrected chi connectivity index (χ0v) is 16.9. The quantitative estimate of drug-likeness (QED) is 0.369. The molecule has 1 aliphatic rings. The van der Waals surface area contributed by atoms with E-state index >= 15 is 0 Å².